The highest BCUT2D eigenvalue weighted by Crippen LogP contribution is 2.29. The Morgan fingerprint density at radius 3 is 2.27 bits per heavy atom. The Hall–Kier alpha value is -3.85. The van der Waals surface area contributed by atoms with Crippen LogP contribution in [0.5, 0.6) is 5.75 Å². The van der Waals surface area contributed by atoms with E-state index in [9.17, 15) is 18.0 Å². The van der Waals surface area contributed by atoms with E-state index in [4.69, 9.17) is 4.74 Å². The average molecular weight is 566 g/mol. The fourth-order valence-electron chi connectivity index (χ4n) is 4.49. The van der Waals surface area contributed by atoms with Gasteiger partial charge < -0.3 is 15.0 Å². The summed E-state index contributed by atoms with van der Waals surface area (Å²) in [5.41, 5.74) is 2.74. The second kappa shape index (κ2) is 13.5. The number of nitrogens with zero attached hydrogens (tertiary/aromatic N) is 2. The summed E-state index contributed by atoms with van der Waals surface area (Å²) >= 11 is 0. The lowest BCUT2D eigenvalue weighted by Crippen LogP contribution is -2.53. The number of anilines is 1. The van der Waals surface area contributed by atoms with Gasteiger partial charge in [0, 0.05) is 12.6 Å². The van der Waals surface area contributed by atoms with Gasteiger partial charge in [0.25, 0.3) is 10.0 Å². The van der Waals surface area contributed by atoms with Crippen LogP contribution in [0.15, 0.2) is 77.7 Å². The van der Waals surface area contributed by atoms with Gasteiger partial charge in [0.15, 0.2) is 0 Å². The summed E-state index contributed by atoms with van der Waals surface area (Å²) in [7, 11) is -2.55. The van der Waals surface area contributed by atoms with Gasteiger partial charge in [-0.2, -0.15) is 0 Å². The molecule has 2 amide bonds. The van der Waals surface area contributed by atoms with E-state index in [-0.39, 0.29) is 23.4 Å². The first-order chi connectivity index (χ1) is 19.0. The summed E-state index contributed by atoms with van der Waals surface area (Å²) in [6, 6.07) is 19.9. The maximum Gasteiger partial charge on any atom is 0.264 e. The third-order valence-corrected chi connectivity index (χ3v) is 8.32. The molecule has 0 aliphatic rings. The Kier molecular flexibility index (Phi) is 10.3. The number of hydrogen-bond acceptors (Lipinski definition) is 5. The molecule has 0 radical (unpaired) electrons. The zero-order valence-corrected chi connectivity index (χ0v) is 24.9. The number of carbonyl (C=O) groups is 2. The topological polar surface area (TPSA) is 96.0 Å². The number of methoxy groups -OCH3 is 1. The maximum absolute atomic E-state index is 14.2. The first kappa shape index (κ1) is 30.7. The Morgan fingerprint density at radius 2 is 1.65 bits per heavy atom. The highest BCUT2D eigenvalue weighted by molar-refractivity contribution is 7.92. The molecule has 0 fully saturated rings. The van der Waals surface area contributed by atoms with Crippen molar-refractivity contribution in [2.24, 2.45) is 0 Å². The zero-order chi connectivity index (χ0) is 29.4. The number of carbonyl (C=O) groups excluding carboxylic acids is 2. The molecular weight excluding hydrogens is 526 g/mol. The molecule has 214 valence electrons. The quantitative estimate of drug-likeness (QED) is 0.339. The molecule has 0 spiro atoms. The molecule has 0 bridgehead atoms. The van der Waals surface area contributed by atoms with Crippen LogP contribution < -0.4 is 14.4 Å². The van der Waals surface area contributed by atoms with Crippen molar-refractivity contribution >= 4 is 27.5 Å². The molecule has 0 aromatic heterocycles. The summed E-state index contributed by atoms with van der Waals surface area (Å²) in [5, 5.41) is 2.91. The second-order valence-corrected chi connectivity index (χ2v) is 11.9. The van der Waals surface area contributed by atoms with Crippen LogP contribution in [0.25, 0.3) is 0 Å². The molecular formula is C31H39N3O5S. The molecule has 3 rings (SSSR count). The van der Waals surface area contributed by atoms with E-state index in [1.54, 1.807) is 43.5 Å². The SMILES string of the molecule is CC[C@H](C(=O)NC(C)C)N(Cc1cccc(OC)c1)C(=O)CN(c1cc(C)ccc1C)S(=O)(=O)c1ccccc1. The number of sulfonamides is 1. The van der Waals surface area contributed by atoms with E-state index in [2.05, 4.69) is 5.32 Å². The molecule has 40 heavy (non-hydrogen) atoms. The minimum absolute atomic E-state index is 0.0765. The summed E-state index contributed by atoms with van der Waals surface area (Å²) in [5.74, 6) is -0.166. The largest absolute Gasteiger partial charge is 0.497 e. The lowest BCUT2D eigenvalue weighted by atomic mass is 10.1. The van der Waals surface area contributed by atoms with Crippen LogP contribution in [0.2, 0.25) is 0 Å². The molecule has 0 aliphatic carbocycles. The number of hydrogen-bond donors (Lipinski definition) is 1. The van der Waals surface area contributed by atoms with Crippen molar-refractivity contribution in [3.63, 3.8) is 0 Å². The molecule has 0 heterocycles. The van der Waals surface area contributed by atoms with Crippen molar-refractivity contribution in [1.29, 1.82) is 0 Å². The van der Waals surface area contributed by atoms with Crippen molar-refractivity contribution in [3.8, 4) is 5.75 Å². The van der Waals surface area contributed by atoms with Crippen LogP contribution >= 0.6 is 0 Å². The van der Waals surface area contributed by atoms with Crippen molar-refractivity contribution < 1.29 is 22.7 Å². The van der Waals surface area contributed by atoms with Crippen molar-refractivity contribution in [2.45, 2.75) is 64.6 Å². The maximum atomic E-state index is 14.2. The van der Waals surface area contributed by atoms with Crippen molar-refractivity contribution in [1.82, 2.24) is 10.2 Å². The van der Waals surface area contributed by atoms with Gasteiger partial charge in [-0.05, 0) is 81.1 Å². The van der Waals surface area contributed by atoms with E-state index >= 15 is 0 Å². The fourth-order valence-corrected chi connectivity index (χ4v) is 5.98. The molecule has 1 N–H and O–H groups in total. The Labute approximate surface area is 238 Å². The van der Waals surface area contributed by atoms with E-state index in [0.717, 1.165) is 15.4 Å². The number of ether oxygens (including phenoxy) is 1. The first-order valence-electron chi connectivity index (χ1n) is 13.4. The molecule has 3 aromatic rings. The Bertz CT molecular complexity index is 1420. The van der Waals surface area contributed by atoms with Crippen molar-refractivity contribution in [3.05, 3.63) is 89.5 Å². The van der Waals surface area contributed by atoms with Crippen LogP contribution in [-0.4, -0.2) is 50.9 Å². The fraction of sp³-hybridized carbons (Fsp3) is 0.355. The molecule has 3 aromatic carbocycles. The number of nitrogens with one attached hydrogen (secondary N) is 1. The summed E-state index contributed by atoms with van der Waals surface area (Å²) in [6.45, 7) is 8.85. The lowest BCUT2D eigenvalue weighted by molar-refractivity contribution is -0.140. The predicted octanol–water partition coefficient (Wildman–Crippen LogP) is 4.84. The molecule has 9 heteroatoms. The summed E-state index contributed by atoms with van der Waals surface area (Å²) < 4.78 is 34.5. The van der Waals surface area contributed by atoms with Gasteiger partial charge in [0.05, 0.1) is 17.7 Å². The third-order valence-electron chi connectivity index (χ3n) is 6.55. The van der Waals surface area contributed by atoms with Gasteiger partial charge >= 0.3 is 0 Å². The van der Waals surface area contributed by atoms with Crippen LogP contribution in [0.1, 0.15) is 43.9 Å². The van der Waals surface area contributed by atoms with Gasteiger partial charge in [-0.3, -0.25) is 13.9 Å². The molecule has 0 aliphatic heterocycles. The van der Waals surface area contributed by atoms with Gasteiger partial charge in [-0.15, -0.1) is 0 Å². The number of benzene rings is 3. The van der Waals surface area contributed by atoms with Gasteiger partial charge in [0.2, 0.25) is 11.8 Å². The normalized spacial score (nSPS) is 12.1. The predicted molar refractivity (Wildman–Crippen MR) is 158 cm³/mol. The average Bonchev–Trinajstić information content (AvgIpc) is 2.93. The highest BCUT2D eigenvalue weighted by Gasteiger charge is 2.34. The third kappa shape index (κ3) is 7.41. The number of aryl methyl sites for hydroxylation is 2. The summed E-state index contributed by atoms with van der Waals surface area (Å²) in [4.78, 5) is 29.0. The first-order valence-corrected chi connectivity index (χ1v) is 14.8. The van der Waals surface area contributed by atoms with Crippen LogP contribution in [-0.2, 0) is 26.2 Å². The minimum atomic E-state index is -4.11. The standard InChI is InChI=1S/C31H39N3O5S/c1-7-28(31(36)32-22(2)3)33(20-25-12-11-13-26(19-25)39-6)30(35)21-34(29-18-23(4)16-17-24(29)5)40(37,38)27-14-9-8-10-15-27/h8-19,22,28H,7,20-21H2,1-6H3,(H,32,36)/t28-/m1/s1. The Morgan fingerprint density at radius 1 is 0.950 bits per heavy atom. The van der Waals surface area contributed by atoms with Gasteiger partial charge in [-0.25, -0.2) is 8.42 Å². The van der Waals surface area contributed by atoms with Crippen molar-refractivity contribution in [2.75, 3.05) is 18.0 Å². The monoisotopic (exact) mass is 565 g/mol. The Balaban J connectivity index is 2.10. The van der Waals surface area contributed by atoms with Crippen LogP contribution in [0, 0.1) is 13.8 Å². The smallest absolute Gasteiger partial charge is 0.264 e. The van der Waals surface area contributed by atoms with E-state index in [1.165, 1.54) is 17.0 Å². The second-order valence-electron chi connectivity index (χ2n) is 10.1. The summed E-state index contributed by atoms with van der Waals surface area (Å²) in [6.07, 6.45) is 0.350. The minimum Gasteiger partial charge on any atom is -0.497 e. The van der Waals surface area contributed by atoms with E-state index in [1.807, 2.05) is 58.9 Å². The molecule has 1 atom stereocenters. The zero-order valence-electron chi connectivity index (χ0n) is 24.0. The van der Waals surface area contributed by atoms with Crippen LogP contribution in [0.4, 0.5) is 5.69 Å². The van der Waals surface area contributed by atoms with Gasteiger partial charge in [0.1, 0.15) is 18.3 Å². The van der Waals surface area contributed by atoms with E-state index < -0.39 is 28.5 Å². The molecule has 8 nitrogen and oxygen atoms in total. The molecule has 0 saturated carbocycles. The number of amides is 2. The van der Waals surface area contributed by atoms with Crippen LogP contribution in [0.3, 0.4) is 0 Å². The molecule has 0 saturated heterocycles. The number of rotatable bonds is 12. The lowest BCUT2D eigenvalue weighted by Gasteiger charge is -2.34. The molecule has 0 unspecified atom stereocenters. The van der Waals surface area contributed by atoms with E-state index in [0.29, 0.717) is 23.4 Å². The highest BCUT2D eigenvalue weighted by atomic mass is 32.2. The van der Waals surface area contributed by atoms with Gasteiger partial charge in [-0.1, -0.05) is 49.4 Å².